The van der Waals surface area contributed by atoms with E-state index >= 15 is 0 Å². The zero-order valence-electron chi connectivity index (χ0n) is 9.37. The molecular formula is C14H19N. The first-order valence-electron chi connectivity index (χ1n) is 5.74. The molecule has 80 valence electrons. The number of nitrogens with one attached hydrogen (secondary N) is 1. The van der Waals surface area contributed by atoms with Crippen molar-refractivity contribution in [2.45, 2.75) is 25.8 Å². The molecule has 0 heterocycles. The van der Waals surface area contributed by atoms with Gasteiger partial charge in [0.25, 0.3) is 0 Å². The first-order chi connectivity index (χ1) is 7.27. The van der Waals surface area contributed by atoms with Gasteiger partial charge in [0.2, 0.25) is 0 Å². The monoisotopic (exact) mass is 201 g/mol. The summed E-state index contributed by atoms with van der Waals surface area (Å²) < 4.78 is 0. The molecule has 0 bridgehead atoms. The minimum Gasteiger partial charge on any atom is -0.310 e. The van der Waals surface area contributed by atoms with E-state index in [1.165, 1.54) is 24.0 Å². The fraction of sp³-hybridized carbons (Fsp3) is 0.429. The molecule has 0 radical (unpaired) electrons. The predicted octanol–water partition coefficient (Wildman–Crippen LogP) is 3.09. The lowest BCUT2D eigenvalue weighted by Gasteiger charge is -2.14. The third-order valence-electron chi connectivity index (χ3n) is 3.15. The first-order valence-corrected chi connectivity index (χ1v) is 5.74. The van der Waals surface area contributed by atoms with Crippen LogP contribution in [0.4, 0.5) is 0 Å². The molecule has 1 heteroatoms. The van der Waals surface area contributed by atoms with Crippen LogP contribution >= 0.6 is 0 Å². The van der Waals surface area contributed by atoms with Crippen molar-refractivity contribution in [3.63, 3.8) is 0 Å². The van der Waals surface area contributed by atoms with Crippen molar-refractivity contribution < 1.29 is 0 Å². The quantitative estimate of drug-likeness (QED) is 0.772. The van der Waals surface area contributed by atoms with Gasteiger partial charge < -0.3 is 5.32 Å². The minimum absolute atomic E-state index is 0.644. The summed E-state index contributed by atoms with van der Waals surface area (Å²) in [4.78, 5) is 0. The second-order valence-corrected chi connectivity index (χ2v) is 4.48. The molecule has 1 aromatic carbocycles. The van der Waals surface area contributed by atoms with Gasteiger partial charge in [-0.1, -0.05) is 36.9 Å². The van der Waals surface area contributed by atoms with Crippen LogP contribution in [0.2, 0.25) is 0 Å². The summed E-state index contributed by atoms with van der Waals surface area (Å²) in [6, 6.07) is 11.0. The molecule has 1 saturated carbocycles. The van der Waals surface area contributed by atoms with E-state index in [-0.39, 0.29) is 0 Å². The highest BCUT2D eigenvalue weighted by molar-refractivity contribution is 5.64. The Balaban J connectivity index is 1.82. The maximum atomic E-state index is 4.11. The van der Waals surface area contributed by atoms with Gasteiger partial charge in [0.15, 0.2) is 0 Å². The van der Waals surface area contributed by atoms with Crippen LogP contribution in [0, 0.1) is 5.92 Å². The third-order valence-corrected chi connectivity index (χ3v) is 3.15. The Hall–Kier alpha value is -1.08. The number of hydrogen-bond donors (Lipinski definition) is 1. The summed E-state index contributed by atoms with van der Waals surface area (Å²) in [5, 5.41) is 3.54. The predicted molar refractivity (Wildman–Crippen MR) is 65.7 cm³/mol. The molecule has 1 nitrogen and oxygen atoms in total. The number of hydrogen-bond acceptors (Lipinski definition) is 1. The Morgan fingerprint density at radius 3 is 2.67 bits per heavy atom. The standard InChI is InChI=1S/C14H19N/c1-11(13-6-4-3-5-7-13)10-15-12(2)14-8-9-14/h3-7,12,14-15H,1,8-10H2,2H3. The summed E-state index contributed by atoms with van der Waals surface area (Å²) in [6.07, 6.45) is 2.79. The number of benzene rings is 1. The normalized spacial score (nSPS) is 17.4. The zero-order chi connectivity index (χ0) is 10.7. The van der Waals surface area contributed by atoms with Crippen molar-refractivity contribution in [1.29, 1.82) is 0 Å². The minimum atomic E-state index is 0.644. The van der Waals surface area contributed by atoms with Crippen LogP contribution in [0.25, 0.3) is 5.57 Å². The molecule has 2 rings (SSSR count). The maximum Gasteiger partial charge on any atom is 0.0208 e. The maximum absolute atomic E-state index is 4.11. The van der Waals surface area contributed by atoms with Crippen LogP contribution in [-0.2, 0) is 0 Å². The smallest absolute Gasteiger partial charge is 0.0208 e. The summed E-state index contributed by atoms with van der Waals surface area (Å²) >= 11 is 0. The highest BCUT2D eigenvalue weighted by Gasteiger charge is 2.27. The van der Waals surface area contributed by atoms with E-state index in [9.17, 15) is 0 Å². The van der Waals surface area contributed by atoms with Crippen LogP contribution in [0.3, 0.4) is 0 Å². The molecule has 15 heavy (non-hydrogen) atoms. The van der Waals surface area contributed by atoms with Gasteiger partial charge in [-0.15, -0.1) is 0 Å². The average Bonchev–Trinajstić information content (AvgIpc) is 3.10. The summed E-state index contributed by atoms with van der Waals surface area (Å²) in [5.74, 6) is 0.911. The lowest BCUT2D eigenvalue weighted by atomic mass is 10.1. The molecule has 1 aliphatic rings. The van der Waals surface area contributed by atoms with Crippen molar-refractivity contribution in [3.8, 4) is 0 Å². The molecule has 1 aliphatic carbocycles. The van der Waals surface area contributed by atoms with Crippen LogP contribution in [0.5, 0.6) is 0 Å². The highest BCUT2D eigenvalue weighted by atomic mass is 14.9. The Labute approximate surface area is 92.2 Å². The first kappa shape index (κ1) is 10.4. The largest absolute Gasteiger partial charge is 0.310 e. The zero-order valence-corrected chi connectivity index (χ0v) is 9.37. The molecule has 0 aliphatic heterocycles. The average molecular weight is 201 g/mol. The van der Waals surface area contributed by atoms with E-state index in [4.69, 9.17) is 0 Å². The van der Waals surface area contributed by atoms with Gasteiger partial charge >= 0.3 is 0 Å². The Morgan fingerprint density at radius 1 is 1.40 bits per heavy atom. The second kappa shape index (κ2) is 4.63. The van der Waals surface area contributed by atoms with Gasteiger partial charge in [-0.25, -0.2) is 0 Å². The van der Waals surface area contributed by atoms with Crippen LogP contribution in [0.15, 0.2) is 36.9 Å². The molecular weight excluding hydrogens is 182 g/mol. The fourth-order valence-electron chi connectivity index (χ4n) is 1.82. The van der Waals surface area contributed by atoms with E-state index in [2.05, 4.69) is 43.1 Å². The Kier molecular flexibility index (Phi) is 3.22. The number of rotatable bonds is 5. The molecule has 0 aromatic heterocycles. The molecule has 1 aromatic rings. The van der Waals surface area contributed by atoms with Gasteiger partial charge in [0.05, 0.1) is 0 Å². The van der Waals surface area contributed by atoms with Gasteiger partial charge in [-0.3, -0.25) is 0 Å². The van der Waals surface area contributed by atoms with E-state index in [0.717, 1.165) is 12.5 Å². The molecule has 0 amide bonds. The Morgan fingerprint density at radius 2 is 2.07 bits per heavy atom. The van der Waals surface area contributed by atoms with E-state index < -0.39 is 0 Å². The molecule has 1 N–H and O–H groups in total. The topological polar surface area (TPSA) is 12.0 Å². The highest BCUT2D eigenvalue weighted by Crippen LogP contribution is 2.32. The summed E-state index contributed by atoms with van der Waals surface area (Å²) in [5.41, 5.74) is 2.43. The van der Waals surface area contributed by atoms with Crippen LogP contribution in [0.1, 0.15) is 25.3 Å². The van der Waals surface area contributed by atoms with Crippen molar-refractivity contribution in [1.82, 2.24) is 5.32 Å². The molecule has 0 saturated heterocycles. The molecule has 1 fully saturated rings. The molecule has 1 unspecified atom stereocenters. The molecule has 1 atom stereocenters. The third kappa shape index (κ3) is 2.93. The van der Waals surface area contributed by atoms with Gasteiger partial charge in [-0.2, -0.15) is 0 Å². The van der Waals surface area contributed by atoms with Gasteiger partial charge in [0.1, 0.15) is 0 Å². The van der Waals surface area contributed by atoms with Crippen molar-refractivity contribution in [2.75, 3.05) is 6.54 Å². The van der Waals surface area contributed by atoms with Gasteiger partial charge in [0, 0.05) is 12.6 Å². The van der Waals surface area contributed by atoms with E-state index in [1.54, 1.807) is 0 Å². The molecule has 0 spiro atoms. The van der Waals surface area contributed by atoms with E-state index in [1.807, 2.05) is 6.07 Å². The van der Waals surface area contributed by atoms with E-state index in [0.29, 0.717) is 6.04 Å². The fourth-order valence-corrected chi connectivity index (χ4v) is 1.82. The van der Waals surface area contributed by atoms with Crippen LogP contribution < -0.4 is 5.32 Å². The lowest BCUT2D eigenvalue weighted by Crippen LogP contribution is -2.29. The summed E-state index contributed by atoms with van der Waals surface area (Å²) in [6.45, 7) is 7.29. The van der Waals surface area contributed by atoms with Crippen LogP contribution in [-0.4, -0.2) is 12.6 Å². The van der Waals surface area contributed by atoms with Crippen molar-refractivity contribution >= 4 is 5.57 Å². The van der Waals surface area contributed by atoms with Crippen molar-refractivity contribution in [3.05, 3.63) is 42.5 Å². The SMILES string of the molecule is C=C(CNC(C)C1CC1)c1ccccc1. The van der Waals surface area contributed by atoms with Crippen molar-refractivity contribution in [2.24, 2.45) is 5.92 Å². The second-order valence-electron chi connectivity index (χ2n) is 4.48. The Bertz CT molecular complexity index is 324. The summed E-state index contributed by atoms with van der Waals surface area (Å²) in [7, 11) is 0. The lowest BCUT2D eigenvalue weighted by molar-refractivity contribution is 0.527. The van der Waals surface area contributed by atoms with Gasteiger partial charge in [-0.05, 0) is 36.8 Å².